The van der Waals surface area contributed by atoms with Crippen LogP contribution in [0.15, 0.2) is 64.9 Å². The van der Waals surface area contributed by atoms with E-state index in [4.69, 9.17) is 0 Å². The maximum atomic E-state index is 12.6. The van der Waals surface area contributed by atoms with Crippen LogP contribution in [0, 0.1) is 0 Å². The van der Waals surface area contributed by atoms with Crippen molar-refractivity contribution < 1.29 is 9.59 Å². The first kappa shape index (κ1) is 22.9. The van der Waals surface area contributed by atoms with Gasteiger partial charge in [0.15, 0.2) is 5.16 Å². The number of hydrogen-bond donors (Lipinski definition) is 1. The third-order valence-electron chi connectivity index (χ3n) is 4.41. The highest BCUT2D eigenvalue weighted by atomic mass is 32.2. The fourth-order valence-corrected chi connectivity index (χ4v) is 4.16. The summed E-state index contributed by atoms with van der Waals surface area (Å²) in [4.78, 5) is 26.8. The van der Waals surface area contributed by atoms with E-state index in [1.165, 1.54) is 22.2 Å². The standard InChI is InChI=1S/C22H25N5O2S2/c1-15(2)16-9-11-17(12-10-16)27-14-23-25-21(27)30-13-20(28)24-18-7-5-6-8-19(18)31-22(29)26(3)4/h5-12,14-15H,13H2,1-4H3,(H,24,28). The molecule has 0 saturated heterocycles. The molecule has 31 heavy (non-hydrogen) atoms. The minimum atomic E-state index is -0.181. The number of carbonyl (C=O) groups excluding carboxylic acids is 2. The van der Waals surface area contributed by atoms with Gasteiger partial charge in [-0.2, -0.15) is 0 Å². The highest BCUT2D eigenvalue weighted by Gasteiger charge is 2.14. The van der Waals surface area contributed by atoms with E-state index in [1.54, 1.807) is 26.5 Å². The van der Waals surface area contributed by atoms with Gasteiger partial charge in [0.2, 0.25) is 5.91 Å². The minimum absolute atomic E-state index is 0.104. The molecule has 7 nitrogen and oxygen atoms in total. The molecular formula is C22H25N5O2S2. The molecular weight excluding hydrogens is 430 g/mol. The van der Waals surface area contributed by atoms with Gasteiger partial charge >= 0.3 is 0 Å². The smallest absolute Gasteiger partial charge is 0.286 e. The van der Waals surface area contributed by atoms with Gasteiger partial charge in [0.05, 0.1) is 11.4 Å². The van der Waals surface area contributed by atoms with Gasteiger partial charge in [-0.25, -0.2) is 0 Å². The van der Waals surface area contributed by atoms with E-state index < -0.39 is 0 Å². The Morgan fingerprint density at radius 2 is 1.81 bits per heavy atom. The molecule has 2 aromatic carbocycles. The summed E-state index contributed by atoms with van der Waals surface area (Å²) in [6, 6.07) is 15.5. The zero-order valence-electron chi connectivity index (χ0n) is 17.9. The van der Waals surface area contributed by atoms with Gasteiger partial charge in [0.25, 0.3) is 5.24 Å². The van der Waals surface area contributed by atoms with Crippen LogP contribution in [-0.2, 0) is 4.79 Å². The summed E-state index contributed by atoms with van der Waals surface area (Å²) in [5, 5.41) is 11.6. The molecule has 0 aliphatic rings. The Balaban J connectivity index is 1.64. The molecule has 9 heteroatoms. The fraction of sp³-hybridized carbons (Fsp3) is 0.273. The summed E-state index contributed by atoms with van der Waals surface area (Å²) in [6.07, 6.45) is 1.64. The number of hydrogen-bond acceptors (Lipinski definition) is 6. The number of aromatic nitrogens is 3. The van der Waals surface area contributed by atoms with Crippen molar-refractivity contribution in [3.63, 3.8) is 0 Å². The van der Waals surface area contributed by atoms with Gasteiger partial charge < -0.3 is 10.2 Å². The molecule has 1 aromatic heterocycles. The molecule has 0 bridgehead atoms. The van der Waals surface area contributed by atoms with Gasteiger partial charge in [-0.3, -0.25) is 14.2 Å². The van der Waals surface area contributed by atoms with E-state index in [9.17, 15) is 9.59 Å². The van der Waals surface area contributed by atoms with Crippen molar-refractivity contribution in [3.05, 3.63) is 60.4 Å². The Bertz CT molecular complexity index is 1050. The Morgan fingerprint density at radius 1 is 1.10 bits per heavy atom. The quantitative estimate of drug-likeness (QED) is 0.511. The number of anilines is 1. The summed E-state index contributed by atoms with van der Waals surface area (Å²) < 4.78 is 1.86. The third kappa shape index (κ3) is 6.11. The van der Waals surface area contributed by atoms with Crippen LogP contribution in [0.1, 0.15) is 25.3 Å². The van der Waals surface area contributed by atoms with Crippen molar-refractivity contribution >= 4 is 40.4 Å². The van der Waals surface area contributed by atoms with Crippen LogP contribution in [0.3, 0.4) is 0 Å². The van der Waals surface area contributed by atoms with Gasteiger partial charge in [0, 0.05) is 24.7 Å². The van der Waals surface area contributed by atoms with Crippen LogP contribution in [-0.4, -0.2) is 50.7 Å². The molecule has 3 aromatic rings. The van der Waals surface area contributed by atoms with Crippen LogP contribution in [0.25, 0.3) is 5.69 Å². The predicted octanol–water partition coefficient (Wildman–Crippen LogP) is 4.90. The van der Waals surface area contributed by atoms with Gasteiger partial charge in [-0.15, -0.1) is 10.2 Å². The number of nitrogens with zero attached hydrogens (tertiary/aromatic N) is 4. The van der Waals surface area contributed by atoms with Crippen LogP contribution < -0.4 is 5.32 Å². The summed E-state index contributed by atoms with van der Waals surface area (Å²) in [5.74, 6) is 0.449. The second-order valence-corrected chi connectivity index (χ2v) is 9.26. The van der Waals surface area contributed by atoms with E-state index in [-0.39, 0.29) is 16.9 Å². The van der Waals surface area contributed by atoms with Gasteiger partial charge in [-0.1, -0.05) is 49.9 Å². The van der Waals surface area contributed by atoms with Crippen molar-refractivity contribution in [1.29, 1.82) is 0 Å². The number of para-hydroxylation sites is 1. The van der Waals surface area contributed by atoms with E-state index >= 15 is 0 Å². The SMILES string of the molecule is CC(C)c1ccc(-n2cnnc2SCC(=O)Nc2ccccc2SC(=O)N(C)C)cc1. The van der Waals surface area contributed by atoms with E-state index in [2.05, 4.69) is 41.5 Å². The Hall–Kier alpha value is -2.78. The fourth-order valence-electron chi connectivity index (χ4n) is 2.68. The molecule has 0 radical (unpaired) electrons. The lowest BCUT2D eigenvalue weighted by atomic mass is 10.0. The average Bonchev–Trinajstić information content (AvgIpc) is 3.22. The second-order valence-electron chi connectivity index (χ2n) is 7.33. The van der Waals surface area contributed by atoms with Crippen LogP contribution in [0.4, 0.5) is 10.5 Å². The van der Waals surface area contributed by atoms with Gasteiger partial charge in [-0.05, 0) is 47.5 Å². The Morgan fingerprint density at radius 3 is 2.48 bits per heavy atom. The number of nitrogens with one attached hydrogen (secondary N) is 1. The normalized spacial score (nSPS) is 10.9. The van der Waals surface area contributed by atoms with Crippen molar-refractivity contribution in [2.45, 2.75) is 29.8 Å². The molecule has 0 aliphatic carbocycles. The lowest BCUT2D eigenvalue weighted by Gasteiger charge is -2.13. The lowest BCUT2D eigenvalue weighted by Crippen LogP contribution is -2.18. The molecule has 0 aliphatic heterocycles. The first-order chi connectivity index (χ1) is 14.8. The number of benzene rings is 2. The molecule has 0 saturated carbocycles. The molecule has 0 atom stereocenters. The second kappa shape index (κ2) is 10.5. The third-order valence-corrected chi connectivity index (χ3v) is 6.47. The summed E-state index contributed by atoms with van der Waals surface area (Å²) in [5.41, 5.74) is 2.81. The summed E-state index contributed by atoms with van der Waals surface area (Å²) >= 11 is 2.38. The number of rotatable bonds is 7. The highest BCUT2D eigenvalue weighted by molar-refractivity contribution is 8.13. The molecule has 0 fully saturated rings. The number of amides is 2. The minimum Gasteiger partial charge on any atom is -0.339 e. The topological polar surface area (TPSA) is 80.1 Å². The monoisotopic (exact) mass is 455 g/mol. The van der Waals surface area contributed by atoms with Crippen LogP contribution in [0.2, 0.25) is 0 Å². The van der Waals surface area contributed by atoms with Crippen LogP contribution >= 0.6 is 23.5 Å². The van der Waals surface area contributed by atoms with Crippen molar-refractivity contribution in [2.24, 2.45) is 0 Å². The first-order valence-corrected chi connectivity index (χ1v) is 11.6. The maximum absolute atomic E-state index is 12.6. The number of carbonyl (C=O) groups is 2. The summed E-state index contributed by atoms with van der Waals surface area (Å²) in [6.45, 7) is 4.31. The van der Waals surface area contributed by atoms with Crippen LogP contribution in [0.5, 0.6) is 0 Å². The molecule has 2 amide bonds. The lowest BCUT2D eigenvalue weighted by molar-refractivity contribution is -0.113. The highest BCUT2D eigenvalue weighted by Crippen LogP contribution is 2.29. The van der Waals surface area contributed by atoms with E-state index in [0.29, 0.717) is 21.7 Å². The zero-order valence-corrected chi connectivity index (χ0v) is 19.5. The Labute approximate surface area is 190 Å². The van der Waals surface area contributed by atoms with Crippen molar-refractivity contribution in [2.75, 3.05) is 25.2 Å². The largest absolute Gasteiger partial charge is 0.339 e. The predicted molar refractivity (Wildman–Crippen MR) is 126 cm³/mol. The Kier molecular flexibility index (Phi) is 7.75. The molecule has 0 spiro atoms. The maximum Gasteiger partial charge on any atom is 0.286 e. The van der Waals surface area contributed by atoms with Crippen molar-refractivity contribution in [3.8, 4) is 5.69 Å². The van der Waals surface area contributed by atoms with E-state index in [0.717, 1.165) is 17.4 Å². The first-order valence-electron chi connectivity index (χ1n) is 9.76. The molecule has 3 rings (SSSR count). The van der Waals surface area contributed by atoms with E-state index in [1.807, 2.05) is 34.9 Å². The van der Waals surface area contributed by atoms with Crippen molar-refractivity contribution in [1.82, 2.24) is 19.7 Å². The molecule has 1 heterocycles. The average molecular weight is 456 g/mol. The molecule has 162 valence electrons. The zero-order chi connectivity index (χ0) is 22.4. The molecule has 1 N–H and O–H groups in total. The van der Waals surface area contributed by atoms with Gasteiger partial charge in [0.1, 0.15) is 6.33 Å². The summed E-state index contributed by atoms with van der Waals surface area (Å²) in [7, 11) is 3.39. The number of thioether (sulfide) groups is 2. The molecule has 0 unspecified atom stereocenters.